The minimum atomic E-state index is -1.35. The highest BCUT2D eigenvalue weighted by Gasteiger charge is 2.47. The second-order valence-corrected chi connectivity index (χ2v) is 4.10. The molecule has 0 aromatic heterocycles. The summed E-state index contributed by atoms with van der Waals surface area (Å²) in [6.07, 6.45) is -4.68. The Hall–Kier alpha value is -0.770. The van der Waals surface area contributed by atoms with Crippen molar-refractivity contribution in [3.63, 3.8) is 0 Å². The lowest BCUT2D eigenvalue weighted by Gasteiger charge is -2.45. The first-order chi connectivity index (χ1) is 8.47. The maximum atomic E-state index is 11.4. The second kappa shape index (κ2) is 6.41. The topological polar surface area (TPSA) is 120 Å². The standard InChI is InChI=1S/C10H19NO7/c1-11(6(14)4-13)7-9(16)8(15)5(3-12)18-10(7)17-2/h5,7-10,12-13,15-16H,3-4H2,1-2H3/t5-,7-,8-,9-,10-/m1/s1. The van der Waals surface area contributed by atoms with Crippen molar-refractivity contribution in [2.24, 2.45) is 0 Å². The summed E-state index contributed by atoms with van der Waals surface area (Å²) in [5, 5.41) is 37.5. The smallest absolute Gasteiger partial charge is 0.248 e. The van der Waals surface area contributed by atoms with Crippen LogP contribution in [0.2, 0.25) is 0 Å². The van der Waals surface area contributed by atoms with E-state index < -0.39 is 49.8 Å². The third kappa shape index (κ3) is 2.79. The SMILES string of the molecule is CO[C@@H]1O[C@H](CO)[C@@H](O)[C@H](O)[C@H]1N(C)C(=O)CO. The van der Waals surface area contributed by atoms with Gasteiger partial charge in [-0.25, -0.2) is 0 Å². The van der Waals surface area contributed by atoms with Gasteiger partial charge in [-0.15, -0.1) is 0 Å². The van der Waals surface area contributed by atoms with E-state index in [2.05, 4.69) is 0 Å². The van der Waals surface area contributed by atoms with Gasteiger partial charge in [0.2, 0.25) is 5.91 Å². The molecule has 8 heteroatoms. The number of rotatable bonds is 4. The molecule has 0 aliphatic carbocycles. The molecule has 0 saturated carbocycles. The Balaban J connectivity index is 2.90. The van der Waals surface area contributed by atoms with Crippen molar-refractivity contribution >= 4 is 5.91 Å². The van der Waals surface area contributed by atoms with E-state index in [4.69, 9.17) is 19.7 Å². The van der Waals surface area contributed by atoms with Gasteiger partial charge < -0.3 is 34.8 Å². The van der Waals surface area contributed by atoms with Crippen LogP contribution in [0.1, 0.15) is 0 Å². The number of nitrogens with zero attached hydrogens (tertiary/aromatic N) is 1. The quantitative estimate of drug-likeness (QED) is 0.425. The summed E-state index contributed by atoms with van der Waals surface area (Å²) in [6, 6.07) is -0.965. The van der Waals surface area contributed by atoms with Gasteiger partial charge in [-0.1, -0.05) is 0 Å². The van der Waals surface area contributed by atoms with E-state index in [0.29, 0.717) is 0 Å². The van der Waals surface area contributed by atoms with E-state index in [1.54, 1.807) is 0 Å². The Morgan fingerprint density at radius 1 is 1.33 bits per heavy atom. The van der Waals surface area contributed by atoms with Crippen LogP contribution in [0.4, 0.5) is 0 Å². The fourth-order valence-electron chi connectivity index (χ4n) is 1.95. The molecule has 0 aromatic rings. The largest absolute Gasteiger partial charge is 0.394 e. The van der Waals surface area contributed by atoms with E-state index in [1.807, 2.05) is 0 Å². The number of likely N-dealkylation sites (N-methyl/N-ethyl adjacent to an activating group) is 1. The van der Waals surface area contributed by atoms with Gasteiger partial charge in [0, 0.05) is 14.2 Å². The third-order valence-electron chi connectivity index (χ3n) is 3.06. The van der Waals surface area contributed by atoms with Crippen molar-refractivity contribution in [1.29, 1.82) is 0 Å². The molecule has 1 rings (SSSR count). The summed E-state index contributed by atoms with van der Waals surface area (Å²) in [5.74, 6) is -0.639. The van der Waals surface area contributed by atoms with Crippen molar-refractivity contribution in [2.75, 3.05) is 27.4 Å². The van der Waals surface area contributed by atoms with Crippen molar-refractivity contribution in [3.8, 4) is 0 Å². The number of hydrogen-bond acceptors (Lipinski definition) is 7. The molecule has 1 aliphatic rings. The van der Waals surface area contributed by atoms with E-state index in [9.17, 15) is 15.0 Å². The molecule has 1 amide bonds. The summed E-state index contributed by atoms with van der Waals surface area (Å²) < 4.78 is 10.2. The van der Waals surface area contributed by atoms with Crippen molar-refractivity contribution in [1.82, 2.24) is 4.90 Å². The zero-order valence-corrected chi connectivity index (χ0v) is 10.3. The number of ether oxygens (including phenoxy) is 2. The van der Waals surface area contributed by atoms with Crippen LogP contribution in [0.3, 0.4) is 0 Å². The van der Waals surface area contributed by atoms with Crippen LogP contribution in [0.5, 0.6) is 0 Å². The minimum Gasteiger partial charge on any atom is -0.394 e. The van der Waals surface area contributed by atoms with E-state index in [0.717, 1.165) is 4.90 Å². The average molecular weight is 265 g/mol. The summed E-state index contributed by atoms with van der Waals surface area (Å²) in [6.45, 7) is -1.21. The Bertz CT molecular complexity index is 285. The summed E-state index contributed by atoms with van der Waals surface area (Å²) >= 11 is 0. The number of aliphatic hydroxyl groups is 4. The molecule has 18 heavy (non-hydrogen) atoms. The predicted molar refractivity (Wildman–Crippen MR) is 58.4 cm³/mol. The van der Waals surface area contributed by atoms with Gasteiger partial charge in [-0.05, 0) is 0 Å². The number of aliphatic hydroxyl groups excluding tert-OH is 4. The molecule has 1 heterocycles. The Labute approximate surface area is 104 Å². The summed E-state index contributed by atoms with van der Waals surface area (Å²) in [5.41, 5.74) is 0. The third-order valence-corrected chi connectivity index (χ3v) is 3.06. The molecular formula is C10H19NO7. The number of amides is 1. The van der Waals surface area contributed by atoms with Gasteiger partial charge in [0.1, 0.15) is 31.0 Å². The molecule has 0 aromatic carbocycles. The van der Waals surface area contributed by atoms with E-state index >= 15 is 0 Å². The normalized spacial score (nSPS) is 36.4. The first kappa shape index (κ1) is 15.3. The molecule has 1 saturated heterocycles. The summed E-state index contributed by atoms with van der Waals surface area (Å²) in [4.78, 5) is 12.4. The lowest BCUT2D eigenvalue weighted by atomic mass is 9.96. The summed E-state index contributed by atoms with van der Waals surface area (Å²) in [7, 11) is 2.67. The maximum absolute atomic E-state index is 11.4. The van der Waals surface area contributed by atoms with Crippen LogP contribution >= 0.6 is 0 Å². The molecule has 0 bridgehead atoms. The minimum absolute atomic E-state index is 0.484. The van der Waals surface area contributed by atoms with Crippen molar-refractivity contribution in [2.45, 2.75) is 30.6 Å². The molecule has 5 atom stereocenters. The van der Waals surface area contributed by atoms with Crippen LogP contribution < -0.4 is 0 Å². The molecule has 8 nitrogen and oxygen atoms in total. The number of carbonyl (C=O) groups is 1. The molecule has 1 fully saturated rings. The van der Waals surface area contributed by atoms with Crippen LogP contribution in [-0.2, 0) is 14.3 Å². The van der Waals surface area contributed by atoms with Crippen molar-refractivity contribution in [3.05, 3.63) is 0 Å². The van der Waals surface area contributed by atoms with Crippen LogP contribution in [-0.4, -0.2) is 89.2 Å². The molecule has 1 aliphatic heterocycles. The van der Waals surface area contributed by atoms with Gasteiger partial charge in [0.15, 0.2) is 6.29 Å². The monoisotopic (exact) mass is 265 g/mol. The molecular weight excluding hydrogens is 246 g/mol. The molecule has 0 spiro atoms. The number of methoxy groups -OCH3 is 1. The lowest BCUT2D eigenvalue weighted by Crippen LogP contribution is -2.65. The van der Waals surface area contributed by atoms with Gasteiger partial charge in [0.05, 0.1) is 6.61 Å². The average Bonchev–Trinajstić information content (AvgIpc) is 2.39. The Kier molecular flexibility index (Phi) is 5.45. The second-order valence-electron chi connectivity index (χ2n) is 4.10. The van der Waals surface area contributed by atoms with Gasteiger partial charge in [-0.3, -0.25) is 4.79 Å². The number of hydrogen-bond donors (Lipinski definition) is 4. The van der Waals surface area contributed by atoms with Gasteiger partial charge >= 0.3 is 0 Å². The predicted octanol–water partition coefficient (Wildman–Crippen LogP) is -3.11. The first-order valence-electron chi connectivity index (χ1n) is 5.49. The van der Waals surface area contributed by atoms with Crippen molar-refractivity contribution < 1.29 is 34.7 Å². The Morgan fingerprint density at radius 3 is 2.39 bits per heavy atom. The van der Waals surface area contributed by atoms with E-state index in [-0.39, 0.29) is 0 Å². The highest BCUT2D eigenvalue weighted by Crippen LogP contribution is 2.25. The lowest BCUT2D eigenvalue weighted by molar-refractivity contribution is -0.277. The fourth-order valence-corrected chi connectivity index (χ4v) is 1.95. The van der Waals surface area contributed by atoms with Crippen LogP contribution in [0.15, 0.2) is 0 Å². The highest BCUT2D eigenvalue weighted by molar-refractivity contribution is 5.77. The molecule has 0 radical (unpaired) electrons. The van der Waals surface area contributed by atoms with E-state index in [1.165, 1.54) is 14.2 Å². The van der Waals surface area contributed by atoms with Crippen LogP contribution in [0.25, 0.3) is 0 Å². The van der Waals surface area contributed by atoms with Gasteiger partial charge in [-0.2, -0.15) is 0 Å². The highest BCUT2D eigenvalue weighted by atomic mass is 16.7. The van der Waals surface area contributed by atoms with Crippen LogP contribution in [0, 0.1) is 0 Å². The first-order valence-corrected chi connectivity index (χ1v) is 5.49. The zero-order valence-electron chi connectivity index (χ0n) is 10.3. The maximum Gasteiger partial charge on any atom is 0.248 e. The van der Waals surface area contributed by atoms with Gasteiger partial charge in [0.25, 0.3) is 0 Å². The molecule has 0 unspecified atom stereocenters. The Morgan fingerprint density at radius 2 is 1.94 bits per heavy atom. The number of carbonyl (C=O) groups excluding carboxylic acids is 1. The molecule has 106 valence electrons. The fraction of sp³-hybridized carbons (Fsp3) is 0.900. The zero-order chi connectivity index (χ0) is 13.9. The molecule has 4 N–H and O–H groups in total.